The molecule has 0 spiro atoms. The van der Waals surface area contributed by atoms with E-state index in [-0.39, 0.29) is 5.41 Å². The fourth-order valence-corrected chi connectivity index (χ4v) is 1.45. The molecule has 1 aliphatic heterocycles. The van der Waals surface area contributed by atoms with E-state index in [4.69, 9.17) is 5.73 Å². The first-order chi connectivity index (χ1) is 5.42. The maximum atomic E-state index is 10.2. The maximum Gasteiger partial charge on any atom is 0.0734 e. The van der Waals surface area contributed by atoms with Crippen molar-refractivity contribution in [2.45, 2.75) is 26.4 Å². The largest absolute Gasteiger partial charge is 0.389 e. The van der Waals surface area contributed by atoms with Gasteiger partial charge in [-0.15, -0.1) is 0 Å². The van der Waals surface area contributed by atoms with E-state index in [2.05, 4.69) is 5.32 Å². The Morgan fingerprint density at radius 1 is 1.42 bits per heavy atom. The highest BCUT2D eigenvalue weighted by Gasteiger charge is 2.46. The van der Waals surface area contributed by atoms with Gasteiger partial charge in [-0.25, -0.2) is 0 Å². The van der Waals surface area contributed by atoms with Gasteiger partial charge in [0.25, 0.3) is 0 Å². The third-order valence-electron chi connectivity index (χ3n) is 3.46. The molecule has 0 aliphatic carbocycles. The van der Waals surface area contributed by atoms with Gasteiger partial charge < -0.3 is 16.2 Å². The lowest BCUT2D eigenvalue weighted by molar-refractivity contribution is -0.107. The van der Waals surface area contributed by atoms with Gasteiger partial charge >= 0.3 is 0 Å². The zero-order valence-electron chi connectivity index (χ0n) is 8.22. The molecule has 0 radical (unpaired) electrons. The molecule has 4 N–H and O–H groups in total. The molecule has 72 valence electrons. The summed E-state index contributed by atoms with van der Waals surface area (Å²) >= 11 is 0. The van der Waals surface area contributed by atoms with Crippen molar-refractivity contribution >= 4 is 0 Å². The van der Waals surface area contributed by atoms with Crippen LogP contribution in [-0.2, 0) is 0 Å². The van der Waals surface area contributed by atoms with Gasteiger partial charge in [0.05, 0.1) is 5.60 Å². The standard InChI is InChI=1S/C9H20N2O/c1-8(2,6-10)9(3,12)7-4-11-5-7/h7,11-12H,4-6,10H2,1-3H3. The smallest absolute Gasteiger partial charge is 0.0734 e. The van der Waals surface area contributed by atoms with Crippen molar-refractivity contribution in [3.63, 3.8) is 0 Å². The van der Waals surface area contributed by atoms with Crippen molar-refractivity contribution in [1.29, 1.82) is 0 Å². The van der Waals surface area contributed by atoms with Crippen LogP contribution in [0.1, 0.15) is 20.8 Å². The molecule has 0 bridgehead atoms. The number of hydrogen-bond donors (Lipinski definition) is 3. The average Bonchev–Trinajstić information content (AvgIpc) is 1.82. The zero-order chi connectivity index (χ0) is 9.41. The molecule has 3 nitrogen and oxygen atoms in total. The number of hydrogen-bond acceptors (Lipinski definition) is 3. The molecule has 1 saturated heterocycles. The number of nitrogens with one attached hydrogen (secondary N) is 1. The third kappa shape index (κ3) is 1.37. The van der Waals surface area contributed by atoms with Crippen LogP contribution in [0.15, 0.2) is 0 Å². The number of nitrogens with two attached hydrogens (primary N) is 1. The molecule has 0 aromatic heterocycles. The lowest BCUT2D eigenvalue weighted by atomic mass is 9.67. The second-order valence-corrected chi connectivity index (χ2v) is 4.59. The Bertz CT molecular complexity index is 162. The predicted octanol–water partition coefficient (Wildman–Crippen LogP) is -0.0583. The molecule has 1 unspecified atom stereocenters. The van der Waals surface area contributed by atoms with Crippen molar-refractivity contribution in [1.82, 2.24) is 5.32 Å². The van der Waals surface area contributed by atoms with E-state index >= 15 is 0 Å². The molecular weight excluding hydrogens is 152 g/mol. The lowest BCUT2D eigenvalue weighted by Crippen LogP contribution is -2.62. The Hall–Kier alpha value is -0.120. The van der Waals surface area contributed by atoms with Crippen molar-refractivity contribution < 1.29 is 5.11 Å². The van der Waals surface area contributed by atoms with E-state index in [0.717, 1.165) is 13.1 Å². The molecule has 0 aromatic carbocycles. The molecule has 0 amide bonds. The van der Waals surface area contributed by atoms with Gasteiger partial charge in [0.1, 0.15) is 0 Å². The molecule has 12 heavy (non-hydrogen) atoms. The Kier molecular flexibility index (Phi) is 2.47. The van der Waals surface area contributed by atoms with Crippen LogP contribution in [0.2, 0.25) is 0 Å². The highest BCUT2D eigenvalue weighted by atomic mass is 16.3. The fourth-order valence-electron chi connectivity index (χ4n) is 1.45. The summed E-state index contributed by atoms with van der Waals surface area (Å²) in [5.74, 6) is 0.357. The van der Waals surface area contributed by atoms with E-state index in [0.29, 0.717) is 12.5 Å². The Labute approximate surface area is 74.3 Å². The summed E-state index contributed by atoms with van der Waals surface area (Å²) in [6.07, 6.45) is 0. The second-order valence-electron chi connectivity index (χ2n) is 4.59. The molecule has 0 aromatic rings. The highest BCUT2D eigenvalue weighted by Crippen LogP contribution is 2.37. The van der Waals surface area contributed by atoms with Gasteiger partial charge in [-0.1, -0.05) is 13.8 Å². The first-order valence-electron chi connectivity index (χ1n) is 4.55. The van der Waals surface area contributed by atoms with E-state index in [1.807, 2.05) is 20.8 Å². The van der Waals surface area contributed by atoms with Crippen LogP contribution in [0.4, 0.5) is 0 Å². The Morgan fingerprint density at radius 2 is 1.92 bits per heavy atom. The maximum absolute atomic E-state index is 10.2. The quantitative estimate of drug-likeness (QED) is 0.559. The summed E-state index contributed by atoms with van der Waals surface area (Å²) in [5.41, 5.74) is 4.79. The normalized spacial score (nSPS) is 24.8. The molecule has 1 fully saturated rings. The van der Waals surface area contributed by atoms with Crippen LogP contribution < -0.4 is 11.1 Å². The van der Waals surface area contributed by atoms with Gasteiger partial charge in [0, 0.05) is 31.0 Å². The van der Waals surface area contributed by atoms with Crippen molar-refractivity contribution in [2.24, 2.45) is 17.1 Å². The SMILES string of the molecule is CC(C)(CN)C(C)(O)C1CNC1. The Balaban J connectivity index is 2.68. The van der Waals surface area contributed by atoms with Gasteiger partial charge in [-0.05, 0) is 6.92 Å². The van der Waals surface area contributed by atoms with Gasteiger partial charge in [-0.3, -0.25) is 0 Å². The fraction of sp³-hybridized carbons (Fsp3) is 1.00. The average molecular weight is 172 g/mol. The first kappa shape index (κ1) is 9.96. The van der Waals surface area contributed by atoms with Crippen LogP contribution in [0, 0.1) is 11.3 Å². The summed E-state index contributed by atoms with van der Waals surface area (Å²) in [5, 5.41) is 13.4. The van der Waals surface area contributed by atoms with Gasteiger partial charge in [0.15, 0.2) is 0 Å². The molecule has 3 heteroatoms. The first-order valence-corrected chi connectivity index (χ1v) is 4.55. The zero-order valence-corrected chi connectivity index (χ0v) is 8.22. The van der Waals surface area contributed by atoms with E-state index in [1.165, 1.54) is 0 Å². The highest BCUT2D eigenvalue weighted by molar-refractivity contribution is 5.00. The minimum absolute atomic E-state index is 0.195. The predicted molar refractivity (Wildman–Crippen MR) is 49.8 cm³/mol. The molecule has 1 aliphatic rings. The lowest BCUT2D eigenvalue weighted by Gasteiger charge is -2.48. The van der Waals surface area contributed by atoms with Crippen LogP contribution in [0.5, 0.6) is 0 Å². The van der Waals surface area contributed by atoms with Crippen LogP contribution >= 0.6 is 0 Å². The summed E-state index contributed by atoms with van der Waals surface area (Å²) in [7, 11) is 0. The molecule has 1 heterocycles. The van der Waals surface area contributed by atoms with Gasteiger partial charge in [-0.2, -0.15) is 0 Å². The molecule has 1 rings (SSSR count). The van der Waals surface area contributed by atoms with Crippen molar-refractivity contribution in [3.05, 3.63) is 0 Å². The minimum atomic E-state index is -0.646. The third-order valence-corrected chi connectivity index (χ3v) is 3.46. The number of aliphatic hydroxyl groups is 1. The summed E-state index contributed by atoms with van der Waals surface area (Å²) < 4.78 is 0. The van der Waals surface area contributed by atoms with E-state index in [9.17, 15) is 5.11 Å². The van der Waals surface area contributed by atoms with Crippen molar-refractivity contribution in [3.8, 4) is 0 Å². The number of rotatable bonds is 3. The molecule has 1 atom stereocenters. The topological polar surface area (TPSA) is 58.3 Å². The minimum Gasteiger partial charge on any atom is -0.389 e. The van der Waals surface area contributed by atoms with E-state index < -0.39 is 5.60 Å². The van der Waals surface area contributed by atoms with E-state index in [1.54, 1.807) is 0 Å². The summed E-state index contributed by atoms with van der Waals surface area (Å²) in [6.45, 7) is 8.28. The monoisotopic (exact) mass is 172 g/mol. The second kappa shape index (κ2) is 2.98. The van der Waals surface area contributed by atoms with Crippen LogP contribution in [-0.4, -0.2) is 30.3 Å². The van der Waals surface area contributed by atoms with Gasteiger partial charge in [0.2, 0.25) is 0 Å². The Morgan fingerprint density at radius 3 is 2.17 bits per heavy atom. The van der Waals surface area contributed by atoms with Crippen LogP contribution in [0.3, 0.4) is 0 Å². The summed E-state index contributed by atoms with van der Waals surface area (Å²) in [6, 6.07) is 0. The van der Waals surface area contributed by atoms with Crippen LogP contribution in [0.25, 0.3) is 0 Å². The molecule has 0 saturated carbocycles. The molecular formula is C9H20N2O. The van der Waals surface area contributed by atoms with Crippen molar-refractivity contribution in [2.75, 3.05) is 19.6 Å². The summed E-state index contributed by atoms with van der Waals surface area (Å²) in [4.78, 5) is 0.